The summed E-state index contributed by atoms with van der Waals surface area (Å²) in [5, 5.41) is 7.15. The molecule has 1 aromatic carbocycles. The first-order chi connectivity index (χ1) is 13.1. The number of aromatic amines is 1. The Bertz CT molecular complexity index is 819. The molecule has 2 aliphatic rings. The van der Waals surface area contributed by atoms with Gasteiger partial charge in [-0.1, -0.05) is 0 Å². The fourth-order valence-corrected chi connectivity index (χ4v) is 3.59. The van der Waals surface area contributed by atoms with Crippen LogP contribution in [-0.4, -0.2) is 67.3 Å². The molecule has 8 nitrogen and oxygen atoms in total. The molecule has 3 heterocycles. The minimum absolute atomic E-state index is 0.0749. The summed E-state index contributed by atoms with van der Waals surface area (Å²) in [6, 6.07) is 7.23. The Morgan fingerprint density at radius 2 is 1.89 bits per heavy atom. The molecule has 0 atom stereocenters. The highest BCUT2D eigenvalue weighted by Gasteiger charge is 2.41. The van der Waals surface area contributed by atoms with Crippen LogP contribution in [0.5, 0.6) is 11.5 Å². The number of benzene rings is 1. The number of nitrogens with zero attached hydrogens (tertiary/aromatic N) is 2. The SMILES string of the molecule is COc1ccc(-c2cc(C(=O)N3CCC4(CC3)OCCO4)[nH]n2)c(OC)c1. The third kappa shape index (κ3) is 3.38. The van der Waals surface area contributed by atoms with Crippen molar-refractivity contribution in [2.24, 2.45) is 0 Å². The predicted molar refractivity (Wildman–Crippen MR) is 96.9 cm³/mol. The van der Waals surface area contributed by atoms with E-state index in [9.17, 15) is 4.79 Å². The van der Waals surface area contributed by atoms with Crippen molar-refractivity contribution in [2.75, 3.05) is 40.5 Å². The van der Waals surface area contributed by atoms with Crippen LogP contribution in [0.25, 0.3) is 11.3 Å². The second kappa shape index (κ2) is 7.21. The highest BCUT2D eigenvalue weighted by atomic mass is 16.7. The number of carbonyl (C=O) groups excluding carboxylic acids is 1. The minimum Gasteiger partial charge on any atom is -0.497 e. The summed E-state index contributed by atoms with van der Waals surface area (Å²) < 4.78 is 22.1. The van der Waals surface area contributed by atoms with Gasteiger partial charge < -0.3 is 23.8 Å². The van der Waals surface area contributed by atoms with Gasteiger partial charge >= 0.3 is 0 Å². The van der Waals surface area contributed by atoms with Gasteiger partial charge in [0, 0.05) is 37.6 Å². The van der Waals surface area contributed by atoms with Crippen LogP contribution < -0.4 is 9.47 Å². The lowest BCUT2D eigenvalue weighted by Gasteiger charge is -2.37. The topological polar surface area (TPSA) is 85.9 Å². The molecule has 4 rings (SSSR count). The standard InChI is InChI=1S/C19H23N3O5/c1-24-13-3-4-14(17(11-13)25-2)15-12-16(21-20-15)18(23)22-7-5-19(6-8-22)26-9-10-27-19/h3-4,11-12H,5-10H2,1-2H3,(H,20,21). The summed E-state index contributed by atoms with van der Waals surface area (Å²) in [5.41, 5.74) is 1.89. The van der Waals surface area contributed by atoms with Gasteiger partial charge in [-0.05, 0) is 18.2 Å². The summed E-state index contributed by atoms with van der Waals surface area (Å²) in [6.45, 7) is 2.45. The minimum atomic E-state index is -0.494. The van der Waals surface area contributed by atoms with E-state index in [1.54, 1.807) is 31.3 Å². The summed E-state index contributed by atoms with van der Waals surface area (Å²) in [5.74, 6) is 0.761. The lowest BCUT2D eigenvalue weighted by atomic mass is 10.0. The molecule has 1 amide bonds. The van der Waals surface area contributed by atoms with Gasteiger partial charge in [0.15, 0.2) is 5.79 Å². The molecule has 8 heteroatoms. The number of aromatic nitrogens is 2. The van der Waals surface area contributed by atoms with Crippen LogP contribution in [-0.2, 0) is 9.47 Å². The van der Waals surface area contributed by atoms with Crippen molar-refractivity contribution in [3.8, 4) is 22.8 Å². The third-order valence-electron chi connectivity index (χ3n) is 5.12. The molecule has 0 unspecified atom stereocenters. The average Bonchev–Trinajstić information content (AvgIpc) is 3.38. The number of methoxy groups -OCH3 is 2. The normalized spacial score (nSPS) is 18.7. The van der Waals surface area contributed by atoms with Crippen LogP contribution in [0.1, 0.15) is 23.3 Å². The Morgan fingerprint density at radius 3 is 2.56 bits per heavy atom. The van der Waals surface area contributed by atoms with E-state index >= 15 is 0 Å². The lowest BCUT2D eigenvalue weighted by molar-refractivity contribution is -0.181. The molecule has 2 fully saturated rings. The van der Waals surface area contributed by atoms with E-state index in [4.69, 9.17) is 18.9 Å². The summed E-state index contributed by atoms with van der Waals surface area (Å²) in [6.07, 6.45) is 1.37. The number of H-pyrrole nitrogens is 1. The smallest absolute Gasteiger partial charge is 0.271 e. The quantitative estimate of drug-likeness (QED) is 0.883. The molecule has 144 valence electrons. The largest absolute Gasteiger partial charge is 0.497 e. The fourth-order valence-electron chi connectivity index (χ4n) is 3.59. The maximum Gasteiger partial charge on any atom is 0.271 e. The monoisotopic (exact) mass is 373 g/mol. The molecular weight excluding hydrogens is 350 g/mol. The van der Waals surface area contributed by atoms with Crippen LogP contribution in [0.3, 0.4) is 0 Å². The molecule has 1 spiro atoms. The highest BCUT2D eigenvalue weighted by Crippen LogP contribution is 2.34. The van der Waals surface area contributed by atoms with Gasteiger partial charge in [0.2, 0.25) is 0 Å². The van der Waals surface area contributed by atoms with Crippen molar-refractivity contribution in [1.82, 2.24) is 15.1 Å². The van der Waals surface area contributed by atoms with Gasteiger partial charge in [0.05, 0.1) is 33.1 Å². The molecular formula is C19H23N3O5. The fraction of sp³-hybridized carbons (Fsp3) is 0.474. The van der Waals surface area contributed by atoms with Crippen molar-refractivity contribution in [3.63, 3.8) is 0 Å². The Morgan fingerprint density at radius 1 is 1.15 bits per heavy atom. The number of likely N-dealkylation sites (tertiary alicyclic amines) is 1. The maximum atomic E-state index is 12.8. The molecule has 2 aromatic rings. The maximum absolute atomic E-state index is 12.8. The van der Waals surface area contributed by atoms with E-state index < -0.39 is 5.79 Å². The third-order valence-corrected chi connectivity index (χ3v) is 5.12. The zero-order valence-electron chi connectivity index (χ0n) is 15.5. The van der Waals surface area contributed by atoms with Crippen LogP contribution >= 0.6 is 0 Å². The summed E-state index contributed by atoms with van der Waals surface area (Å²) in [4.78, 5) is 14.6. The Hall–Kier alpha value is -2.58. The van der Waals surface area contributed by atoms with Crippen LogP contribution in [0, 0.1) is 0 Å². The number of carbonyl (C=O) groups is 1. The lowest BCUT2D eigenvalue weighted by Crippen LogP contribution is -2.47. The number of piperidine rings is 1. The summed E-state index contributed by atoms with van der Waals surface area (Å²) in [7, 11) is 3.19. The van der Waals surface area contributed by atoms with Crippen LogP contribution in [0.15, 0.2) is 24.3 Å². The van der Waals surface area contributed by atoms with Gasteiger partial charge in [0.25, 0.3) is 5.91 Å². The number of amides is 1. The predicted octanol–water partition coefficient (Wildman–Crippen LogP) is 2.07. The zero-order chi connectivity index (χ0) is 18.9. The Balaban J connectivity index is 1.49. The second-order valence-corrected chi connectivity index (χ2v) is 6.63. The first-order valence-electron chi connectivity index (χ1n) is 8.99. The zero-order valence-corrected chi connectivity index (χ0v) is 15.5. The highest BCUT2D eigenvalue weighted by molar-refractivity contribution is 5.93. The Kier molecular flexibility index (Phi) is 4.75. The van der Waals surface area contributed by atoms with E-state index in [-0.39, 0.29) is 5.91 Å². The number of hydrogen-bond donors (Lipinski definition) is 1. The number of nitrogens with one attached hydrogen (secondary N) is 1. The van der Waals surface area contributed by atoms with Gasteiger partial charge in [-0.25, -0.2) is 0 Å². The van der Waals surface area contributed by atoms with Crippen LogP contribution in [0.2, 0.25) is 0 Å². The van der Waals surface area contributed by atoms with E-state index in [0.717, 1.165) is 5.56 Å². The molecule has 27 heavy (non-hydrogen) atoms. The molecule has 2 saturated heterocycles. The number of rotatable bonds is 4. The average molecular weight is 373 g/mol. The molecule has 0 saturated carbocycles. The molecule has 1 N–H and O–H groups in total. The molecule has 1 aromatic heterocycles. The van der Waals surface area contributed by atoms with Gasteiger partial charge in [-0.3, -0.25) is 9.89 Å². The van der Waals surface area contributed by atoms with Crippen molar-refractivity contribution in [2.45, 2.75) is 18.6 Å². The van der Waals surface area contributed by atoms with Crippen molar-refractivity contribution >= 4 is 5.91 Å². The Labute approximate surface area is 157 Å². The first kappa shape index (κ1) is 17.8. The summed E-state index contributed by atoms with van der Waals surface area (Å²) >= 11 is 0. The van der Waals surface area contributed by atoms with Gasteiger partial charge in [-0.2, -0.15) is 5.10 Å². The van der Waals surface area contributed by atoms with Crippen molar-refractivity contribution in [1.29, 1.82) is 0 Å². The molecule has 0 aliphatic carbocycles. The second-order valence-electron chi connectivity index (χ2n) is 6.63. The molecule has 0 radical (unpaired) electrons. The number of ether oxygens (including phenoxy) is 4. The van der Waals surface area contributed by atoms with Crippen LogP contribution in [0.4, 0.5) is 0 Å². The van der Waals surface area contributed by atoms with Crippen molar-refractivity contribution in [3.05, 3.63) is 30.0 Å². The van der Waals surface area contributed by atoms with Gasteiger partial charge in [0.1, 0.15) is 17.2 Å². The van der Waals surface area contributed by atoms with Crippen molar-refractivity contribution < 1.29 is 23.7 Å². The van der Waals surface area contributed by atoms with E-state index in [2.05, 4.69) is 10.2 Å². The van der Waals surface area contributed by atoms with E-state index in [1.165, 1.54) is 0 Å². The van der Waals surface area contributed by atoms with E-state index in [1.807, 2.05) is 12.1 Å². The van der Waals surface area contributed by atoms with Gasteiger partial charge in [-0.15, -0.1) is 0 Å². The first-order valence-corrected chi connectivity index (χ1v) is 8.99. The van der Waals surface area contributed by atoms with E-state index in [0.29, 0.717) is 62.0 Å². The number of hydrogen-bond acceptors (Lipinski definition) is 6. The molecule has 0 bridgehead atoms. The molecule has 2 aliphatic heterocycles.